The second kappa shape index (κ2) is 12.6. The first kappa shape index (κ1) is 25.1. The molecule has 0 aromatic carbocycles. The van der Waals surface area contributed by atoms with Crippen LogP contribution in [-0.4, -0.2) is 83.7 Å². The smallest absolute Gasteiger partial charge is 0.326 e. The molecule has 30 heavy (non-hydrogen) atoms. The van der Waals surface area contributed by atoms with E-state index in [4.69, 9.17) is 11.5 Å². The van der Waals surface area contributed by atoms with Crippen LogP contribution in [0.4, 0.5) is 0 Å². The van der Waals surface area contributed by atoms with Gasteiger partial charge in [0.2, 0.25) is 17.7 Å². The molecule has 0 spiro atoms. The molecular formula is C17H31N7O6. The fourth-order valence-corrected chi connectivity index (χ4v) is 2.81. The van der Waals surface area contributed by atoms with Crippen molar-refractivity contribution in [2.24, 2.45) is 16.5 Å². The summed E-state index contributed by atoms with van der Waals surface area (Å²) in [5.41, 5.74) is 10.4. The van der Waals surface area contributed by atoms with E-state index in [1.807, 2.05) is 0 Å². The zero-order valence-electron chi connectivity index (χ0n) is 16.9. The number of nitrogens with one attached hydrogen (secondary N) is 4. The van der Waals surface area contributed by atoms with Gasteiger partial charge < -0.3 is 42.9 Å². The molecule has 1 aliphatic heterocycles. The SMILES string of the molecule is CC(NC(=O)C(CO)NC(=O)C1CCCN1)C(=O)NC(CCCN=C(N)N)C(=O)O. The Hall–Kier alpha value is -2.93. The molecule has 0 aliphatic carbocycles. The second-order valence-corrected chi connectivity index (χ2v) is 6.97. The maximum absolute atomic E-state index is 12.3. The molecule has 13 heteroatoms. The highest BCUT2D eigenvalue weighted by atomic mass is 16.4. The van der Waals surface area contributed by atoms with E-state index >= 15 is 0 Å². The van der Waals surface area contributed by atoms with Gasteiger partial charge in [-0.1, -0.05) is 0 Å². The van der Waals surface area contributed by atoms with Crippen molar-refractivity contribution in [1.82, 2.24) is 21.3 Å². The minimum Gasteiger partial charge on any atom is -0.480 e. The van der Waals surface area contributed by atoms with Crippen LogP contribution in [0.25, 0.3) is 0 Å². The molecule has 1 rings (SSSR count). The van der Waals surface area contributed by atoms with Gasteiger partial charge in [0.25, 0.3) is 0 Å². The number of amides is 3. The number of aliphatic carboxylic acids is 1. The number of aliphatic imine (C=N–C) groups is 1. The van der Waals surface area contributed by atoms with Crippen LogP contribution in [0.2, 0.25) is 0 Å². The Morgan fingerprint density at radius 3 is 2.37 bits per heavy atom. The van der Waals surface area contributed by atoms with Gasteiger partial charge in [-0.15, -0.1) is 0 Å². The standard InChI is InChI=1S/C17H31N7O6/c1-9(13(26)23-11(16(29)30)5-3-7-21-17(18)19)22-15(28)12(8-25)24-14(27)10-4-2-6-20-10/h9-12,20,25H,2-8H2,1H3,(H,22,28)(H,23,26)(H,24,27)(H,29,30)(H4,18,19,21). The molecule has 3 amide bonds. The molecule has 170 valence electrons. The Morgan fingerprint density at radius 2 is 1.83 bits per heavy atom. The maximum Gasteiger partial charge on any atom is 0.326 e. The zero-order valence-corrected chi connectivity index (χ0v) is 16.9. The highest BCUT2D eigenvalue weighted by molar-refractivity contribution is 5.94. The summed E-state index contributed by atoms with van der Waals surface area (Å²) in [5.74, 6) is -3.25. The third-order valence-electron chi connectivity index (χ3n) is 4.50. The Bertz CT molecular complexity index is 647. The quantitative estimate of drug-likeness (QED) is 0.0868. The number of carbonyl (C=O) groups excluding carboxylic acids is 3. The molecule has 0 aromatic heterocycles. The number of aliphatic hydroxyl groups excluding tert-OH is 1. The van der Waals surface area contributed by atoms with Gasteiger partial charge in [-0.2, -0.15) is 0 Å². The molecule has 4 unspecified atom stereocenters. The van der Waals surface area contributed by atoms with Gasteiger partial charge in [-0.05, 0) is 39.2 Å². The average molecular weight is 429 g/mol. The van der Waals surface area contributed by atoms with E-state index in [2.05, 4.69) is 26.3 Å². The third-order valence-corrected chi connectivity index (χ3v) is 4.50. The molecule has 0 aromatic rings. The van der Waals surface area contributed by atoms with Gasteiger partial charge in [0, 0.05) is 6.54 Å². The van der Waals surface area contributed by atoms with Gasteiger partial charge in [-0.25, -0.2) is 4.79 Å². The lowest BCUT2D eigenvalue weighted by Crippen LogP contribution is -2.57. The first-order valence-electron chi connectivity index (χ1n) is 9.69. The summed E-state index contributed by atoms with van der Waals surface area (Å²) in [6.45, 7) is 1.62. The summed E-state index contributed by atoms with van der Waals surface area (Å²) in [6.07, 6.45) is 1.87. The number of hydrogen-bond donors (Lipinski definition) is 8. The summed E-state index contributed by atoms with van der Waals surface area (Å²) in [5, 5.41) is 28.8. The number of rotatable bonds is 12. The fourth-order valence-electron chi connectivity index (χ4n) is 2.81. The van der Waals surface area contributed by atoms with E-state index in [-0.39, 0.29) is 18.9 Å². The third kappa shape index (κ3) is 8.61. The molecule has 4 atom stereocenters. The Morgan fingerprint density at radius 1 is 1.13 bits per heavy atom. The number of carboxylic acids is 1. The van der Waals surface area contributed by atoms with Gasteiger partial charge in [0.05, 0.1) is 12.6 Å². The highest BCUT2D eigenvalue weighted by Gasteiger charge is 2.29. The minimum atomic E-state index is -1.24. The topological polar surface area (TPSA) is 221 Å². The summed E-state index contributed by atoms with van der Waals surface area (Å²) in [6, 6.07) is -3.94. The van der Waals surface area contributed by atoms with E-state index in [1.54, 1.807) is 0 Å². The highest BCUT2D eigenvalue weighted by Crippen LogP contribution is 2.05. The summed E-state index contributed by atoms with van der Waals surface area (Å²) in [7, 11) is 0. The van der Waals surface area contributed by atoms with Gasteiger partial charge in [0.15, 0.2) is 5.96 Å². The van der Waals surface area contributed by atoms with Crippen LogP contribution < -0.4 is 32.7 Å². The number of nitrogens with zero attached hydrogens (tertiary/aromatic N) is 1. The van der Waals surface area contributed by atoms with E-state index in [0.717, 1.165) is 6.42 Å². The van der Waals surface area contributed by atoms with Crippen LogP contribution in [0.3, 0.4) is 0 Å². The summed E-state index contributed by atoms with van der Waals surface area (Å²) < 4.78 is 0. The Labute approximate surface area is 174 Å². The molecule has 0 saturated carbocycles. The van der Waals surface area contributed by atoms with E-state index in [0.29, 0.717) is 19.4 Å². The molecule has 0 bridgehead atoms. The molecule has 0 radical (unpaired) electrons. The zero-order chi connectivity index (χ0) is 22.7. The normalized spacial score (nSPS) is 18.5. The van der Waals surface area contributed by atoms with Crippen molar-refractivity contribution in [3.8, 4) is 0 Å². The van der Waals surface area contributed by atoms with Crippen molar-refractivity contribution < 1.29 is 29.4 Å². The number of carboxylic acid groups (broad SMARTS) is 1. The van der Waals surface area contributed by atoms with E-state index in [1.165, 1.54) is 6.92 Å². The van der Waals surface area contributed by atoms with Crippen molar-refractivity contribution >= 4 is 29.7 Å². The number of guanidine groups is 1. The monoisotopic (exact) mass is 429 g/mol. The van der Waals surface area contributed by atoms with Crippen LogP contribution in [0.15, 0.2) is 4.99 Å². The van der Waals surface area contributed by atoms with Crippen LogP contribution in [0.5, 0.6) is 0 Å². The molecule has 13 nitrogen and oxygen atoms in total. The largest absolute Gasteiger partial charge is 0.480 e. The van der Waals surface area contributed by atoms with Crippen molar-refractivity contribution in [3.05, 3.63) is 0 Å². The molecule has 1 heterocycles. The maximum atomic E-state index is 12.3. The molecular weight excluding hydrogens is 398 g/mol. The summed E-state index contributed by atoms with van der Waals surface area (Å²) >= 11 is 0. The Balaban J connectivity index is 2.54. The molecule has 1 saturated heterocycles. The van der Waals surface area contributed by atoms with Crippen LogP contribution >= 0.6 is 0 Å². The molecule has 10 N–H and O–H groups in total. The van der Waals surface area contributed by atoms with E-state index < -0.39 is 54.5 Å². The second-order valence-electron chi connectivity index (χ2n) is 6.97. The lowest BCUT2D eigenvalue weighted by atomic mass is 10.1. The van der Waals surface area contributed by atoms with Crippen molar-refractivity contribution in [2.75, 3.05) is 19.7 Å². The molecule has 1 fully saturated rings. The van der Waals surface area contributed by atoms with Crippen molar-refractivity contribution in [1.29, 1.82) is 0 Å². The first-order valence-corrected chi connectivity index (χ1v) is 9.69. The number of nitrogens with two attached hydrogens (primary N) is 2. The van der Waals surface area contributed by atoms with Gasteiger partial charge >= 0.3 is 5.97 Å². The number of hydrogen-bond acceptors (Lipinski definition) is 7. The predicted molar refractivity (Wildman–Crippen MR) is 107 cm³/mol. The lowest BCUT2D eigenvalue weighted by molar-refractivity contribution is -0.142. The van der Waals surface area contributed by atoms with Crippen LogP contribution in [-0.2, 0) is 19.2 Å². The van der Waals surface area contributed by atoms with Gasteiger partial charge in [-0.3, -0.25) is 19.4 Å². The Kier molecular flexibility index (Phi) is 10.5. The van der Waals surface area contributed by atoms with Crippen LogP contribution in [0, 0.1) is 0 Å². The van der Waals surface area contributed by atoms with Crippen molar-refractivity contribution in [3.63, 3.8) is 0 Å². The van der Waals surface area contributed by atoms with Gasteiger partial charge in [0.1, 0.15) is 18.1 Å². The number of aliphatic hydroxyl groups is 1. The lowest BCUT2D eigenvalue weighted by Gasteiger charge is -2.22. The average Bonchev–Trinajstić information content (AvgIpc) is 3.22. The number of carbonyl (C=O) groups is 4. The molecule has 1 aliphatic rings. The first-order chi connectivity index (χ1) is 14.1. The fraction of sp³-hybridized carbons (Fsp3) is 0.706. The minimum absolute atomic E-state index is 0.0855. The predicted octanol–water partition coefficient (Wildman–Crippen LogP) is -3.66. The van der Waals surface area contributed by atoms with E-state index in [9.17, 15) is 29.4 Å². The van der Waals surface area contributed by atoms with Crippen LogP contribution in [0.1, 0.15) is 32.6 Å². The van der Waals surface area contributed by atoms with Crippen molar-refractivity contribution in [2.45, 2.75) is 56.8 Å². The summed E-state index contributed by atoms with van der Waals surface area (Å²) in [4.78, 5) is 51.7.